The highest BCUT2D eigenvalue weighted by molar-refractivity contribution is 4.56. The van der Waals surface area contributed by atoms with E-state index in [4.69, 9.17) is 15.6 Å². The predicted molar refractivity (Wildman–Crippen MR) is 36.2 cm³/mol. The minimum atomic E-state index is 0.139. The Morgan fingerprint density at radius 1 is 1.56 bits per heavy atom. The van der Waals surface area contributed by atoms with Crippen molar-refractivity contribution in [1.82, 2.24) is 0 Å². The second-order valence-electron chi connectivity index (χ2n) is 1.95. The molecule has 9 heavy (non-hydrogen) atoms. The highest BCUT2D eigenvalue weighted by atomic mass is 16.5. The third-order valence-corrected chi connectivity index (χ3v) is 1.27. The minimum absolute atomic E-state index is 0.139. The van der Waals surface area contributed by atoms with E-state index in [-0.39, 0.29) is 12.7 Å². The van der Waals surface area contributed by atoms with E-state index in [1.165, 1.54) is 0 Å². The topological polar surface area (TPSA) is 55.5 Å². The van der Waals surface area contributed by atoms with Gasteiger partial charge in [-0.05, 0) is 19.4 Å². The quantitative estimate of drug-likeness (QED) is 0.543. The van der Waals surface area contributed by atoms with Crippen LogP contribution >= 0.6 is 0 Å². The molecule has 0 radical (unpaired) electrons. The second kappa shape index (κ2) is 6.01. The molecule has 56 valence electrons. The molecule has 0 aliphatic carbocycles. The van der Waals surface area contributed by atoms with Crippen LogP contribution in [0.3, 0.4) is 0 Å². The highest BCUT2D eigenvalue weighted by Gasteiger charge is 2.02. The van der Waals surface area contributed by atoms with Gasteiger partial charge >= 0.3 is 0 Å². The third kappa shape index (κ3) is 4.39. The molecule has 3 nitrogen and oxygen atoms in total. The van der Waals surface area contributed by atoms with Gasteiger partial charge in [-0.15, -0.1) is 0 Å². The zero-order valence-corrected chi connectivity index (χ0v) is 5.84. The van der Waals surface area contributed by atoms with E-state index in [2.05, 4.69) is 0 Å². The van der Waals surface area contributed by atoms with Gasteiger partial charge in [-0.2, -0.15) is 0 Å². The molecule has 0 fully saturated rings. The van der Waals surface area contributed by atoms with Gasteiger partial charge in [0.05, 0.1) is 6.10 Å². The Balaban J connectivity index is 3.18. The normalized spacial score (nSPS) is 13.7. The molecule has 0 spiro atoms. The van der Waals surface area contributed by atoms with Crippen LogP contribution in [0.1, 0.15) is 12.8 Å². The molecule has 0 amide bonds. The summed E-state index contributed by atoms with van der Waals surface area (Å²) in [5.41, 5.74) is 5.27. The molecule has 3 N–H and O–H groups in total. The first-order valence-electron chi connectivity index (χ1n) is 3.18. The lowest BCUT2D eigenvalue weighted by Crippen LogP contribution is -2.17. The molecular weight excluding hydrogens is 118 g/mol. The smallest absolute Gasteiger partial charge is 0.0605 e. The number of rotatable bonds is 5. The van der Waals surface area contributed by atoms with Crippen LogP contribution in [0, 0.1) is 0 Å². The molecule has 0 aromatic carbocycles. The van der Waals surface area contributed by atoms with Crippen molar-refractivity contribution in [2.75, 3.05) is 20.3 Å². The van der Waals surface area contributed by atoms with Crippen LogP contribution in [0.2, 0.25) is 0 Å². The van der Waals surface area contributed by atoms with Crippen LogP contribution in [0.25, 0.3) is 0 Å². The van der Waals surface area contributed by atoms with E-state index in [0.717, 1.165) is 6.42 Å². The van der Waals surface area contributed by atoms with Gasteiger partial charge in [-0.25, -0.2) is 0 Å². The molecule has 0 saturated carbocycles. The maximum atomic E-state index is 8.47. The lowest BCUT2D eigenvalue weighted by Gasteiger charge is -2.11. The summed E-state index contributed by atoms with van der Waals surface area (Å²) in [7, 11) is 1.63. The number of hydrogen-bond donors (Lipinski definition) is 2. The molecule has 1 atom stereocenters. The molecule has 0 bridgehead atoms. The lowest BCUT2D eigenvalue weighted by atomic mass is 10.2. The predicted octanol–water partition coefficient (Wildman–Crippen LogP) is -0.267. The molecule has 0 rings (SSSR count). The van der Waals surface area contributed by atoms with Crippen LogP contribution < -0.4 is 5.73 Å². The number of methoxy groups -OCH3 is 1. The molecule has 0 saturated heterocycles. The van der Waals surface area contributed by atoms with Crippen molar-refractivity contribution in [2.45, 2.75) is 18.9 Å². The lowest BCUT2D eigenvalue weighted by molar-refractivity contribution is 0.0730. The summed E-state index contributed by atoms with van der Waals surface area (Å²) in [6, 6.07) is 0. The molecular formula is C6H15NO2. The molecule has 0 heterocycles. The van der Waals surface area contributed by atoms with E-state index in [9.17, 15) is 0 Å². The summed E-state index contributed by atoms with van der Waals surface area (Å²) in [4.78, 5) is 0. The molecule has 0 aliphatic rings. The summed E-state index contributed by atoms with van der Waals surface area (Å²) in [5.74, 6) is 0. The van der Waals surface area contributed by atoms with Crippen LogP contribution in [0.5, 0.6) is 0 Å². The fourth-order valence-corrected chi connectivity index (χ4v) is 0.710. The number of aliphatic hydroxyl groups excluding tert-OH is 1. The van der Waals surface area contributed by atoms with E-state index in [1.807, 2.05) is 0 Å². The van der Waals surface area contributed by atoms with Gasteiger partial charge in [0.2, 0.25) is 0 Å². The van der Waals surface area contributed by atoms with Crippen molar-refractivity contribution in [3.63, 3.8) is 0 Å². The summed E-state index contributed by atoms with van der Waals surface area (Å²) in [5, 5.41) is 8.47. The zero-order valence-electron chi connectivity index (χ0n) is 5.84. The summed E-state index contributed by atoms with van der Waals surface area (Å²) in [6.45, 7) is 0.803. The van der Waals surface area contributed by atoms with Crippen molar-refractivity contribution in [1.29, 1.82) is 0 Å². The van der Waals surface area contributed by atoms with Crippen LogP contribution in [0.15, 0.2) is 0 Å². The first kappa shape index (κ1) is 8.88. The van der Waals surface area contributed by atoms with E-state index >= 15 is 0 Å². The van der Waals surface area contributed by atoms with Gasteiger partial charge in [0, 0.05) is 13.7 Å². The Bertz CT molecular complexity index is 53.0. The van der Waals surface area contributed by atoms with Gasteiger partial charge in [0.1, 0.15) is 0 Å². The molecule has 3 heteroatoms. The standard InChI is InChI=1S/C6H15NO2/c1-9-6(2-4-7)3-5-8/h6,8H,2-5,7H2,1H3. The minimum Gasteiger partial charge on any atom is -0.396 e. The average Bonchev–Trinajstić information content (AvgIpc) is 1.88. The van der Waals surface area contributed by atoms with Gasteiger partial charge < -0.3 is 15.6 Å². The largest absolute Gasteiger partial charge is 0.396 e. The van der Waals surface area contributed by atoms with E-state index < -0.39 is 0 Å². The zero-order chi connectivity index (χ0) is 7.11. The number of aliphatic hydroxyl groups is 1. The third-order valence-electron chi connectivity index (χ3n) is 1.27. The Labute approximate surface area is 55.8 Å². The fourth-order valence-electron chi connectivity index (χ4n) is 0.710. The molecule has 0 aromatic rings. The Hall–Kier alpha value is -0.120. The van der Waals surface area contributed by atoms with Gasteiger partial charge in [0.25, 0.3) is 0 Å². The number of hydrogen-bond acceptors (Lipinski definition) is 3. The molecule has 0 aliphatic heterocycles. The summed E-state index contributed by atoms with van der Waals surface area (Å²) < 4.78 is 4.99. The van der Waals surface area contributed by atoms with Crippen molar-refractivity contribution in [3.8, 4) is 0 Å². The molecule has 1 unspecified atom stereocenters. The van der Waals surface area contributed by atoms with Crippen molar-refractivity contribution >= 4 is 0 Å². The van der Waals surface area contributed by atoms with Crippen LogP contribution in [0.4, 0.5) is 0 Å². The Kier molecular flexibility index (Phi) is 5.93. The maximum absolute atomic E-state index is 8.47. The summed E-state index contributed by atoms with van der Waals surface area (Å²) >= 11 is 0. The average molecular weight is 133 g/mol. The fraction of sp³-hybridized carbons (Fsp3) is 1.00. The van der Waals surface area contributed by atoms with Crippen LogP contribution in [-0.2, 0) is 4.74 Å². The van der Waals surface area contributed by atoms with E-state index in [0.29, 0.717) is 13.0 Å². The van der Waals surface area contributed by atoms with Crippen molar-refractivity contribution in [3.05, 3.63) is 0 Å². The van der Waals surface area contributed by atoms with Gasteiger partial charge in [-0.3, -0.25) is 0 Å². The highest BCUT2D eigenvalue weighted by Crippen LogP contribution is 1.99. The van der Waals surface area contributed by atoms with Crippen molar-refractivity contribution in [2.24, 2.45) is 5.73 Å². The summed E-state index contributed by atoms with van der Waals surface area (Å²) in [6.07, 6.45) is 1.66. The first-order valence-corrected chi connectivity index (χ1v) is 3.18. The number of nitrogens with two attached hydrogens (primary N) is 1. The molecule has 0 aromatic heterocycles. The van der Waals surface area contributed by atoms with Gasteiger partial charge in [0.15, 0.2) is 0 Å². The number of ether oxygens (including phenoxy) is 1. The Morgan fingerprint density at radius 3 is 2.56 bits per heavy atom. The van der Waals surface area contributed by atoms with Crippen LogP contribution in [-0.4, -0.2) is 31.5 Å². The van der Waals surface area contributed by atoms with Gasteiger partial charge in [-0.1, -0.05) is 0 Å². The first-order chi connectivity index (χ1) is 4.35. The second-order valence-corrected chi connectivity index (χ2v) is 1.95. The maximum Gasteiger partial charge on any atom is 0.0605 e. The Morgan fingerprint density at radius 2 is 2.22 bits per heavy atom. The SMILES string of the molecule is COC(CCN)CCO. The van der Waals surface area contributed by atoms with Crippen molar-refractivity contribution < 1.29 is 9.84 Å². The monoisotopic (exact) mass is 133 g/mol. The van der Waals surface area contributed by atoms with E-state index in [1.54, 1.807) is 7.11 Å².